The maximum Gasteiger partial charge on any atom is 0.289 e. The van der Waals surface area contributed by atoms with Crippen LogP contribution in [0.15, 0.2) is 66.3 Å². The fourth-order valence-corrected chi connectivity index (χ4v) is 3.79. The van der Waals surface area contributed by atoms with Crippen LogP contribution in [0, 0.1) is 0 Å². The van der Waals surface area contributed by atoms with E-state index in [1.54, 1.807) is 12.1 Å². The lowest BCUT2D eigenvalue weighted by molar-refractivity contribution is -0.575. The summed E-state index contributed by atoms with van der Waals surface area (Å²) in [6, 6.07) is 15.1. The van der Waals surface area contributed by atoms with Gasteiger partial charge in [-0.15, -0.1) is 11.3 Å². The number of aliphatic hydroxyl groups excluding tert-OH is 1. The number of aliphatic hydroxyl groups is 1. The van der Waals surface area contributed by atoms with Gasteiger partial charge in [0.1, 0.15) is 0 Å². The molecule has 0 aliphatic rings. The lowest BCUT2D eigenvalue weighted by Gasteiger charge is -2.18. The molecule has 3 aromatic rings. The smallest absolute Gasteiger partial charge is 0.289 e. The van der Waals surface area contributed by atoms with Crippen molar-refractivity contribution in [2.24, 2.45) is 0 Å². The molecule has 0 spiro atoms. The van der Waals surface area contributed by atoms with Crippen molar-refractivity contribution in [3.8, 4) is 0 Å². The summed E-state index contributed by atoms with van der Waals surface area (Å²) in [7, 11) is 0. The maximum atomic E-state index is 11.0. The molecule has 0 saturated carbocycles. The molecule has 144 valence electrons. The number of hydrogen-bond donors (Lipinski definition) is 2. The second kappa shape index (κ2) is 8.43. The van der Waals surface area contributed by atoms with Gasteiger partial charge in [0.25, 0.3) is 5.70 Å². The zero-order chi connectivity index (χ0) is 20.3. The van der Waals surface area contributed by atoms with E-state index in [9.17, 15) is 5.11 Å². The largest absolute Gasteiger partial charge is 0.501 e. The van der Waals surface area contributed by atoms with Gasteiger partial charge in [0.05, 0.1) is 4.88 Å². The molecule has 0 fully saturated rings. The summed E-state index contributed by atoms with van der Waals surface area (Å²) in [4.78, 5) is 1.17. The van der Waals surface area contributed by atoms with Crippen molar-refractivity contribution in [3.63, 3.8) is 0 Å². The fourth-order valence-electron chi connectivity index (χ4n) is 2.68. The van der Waals surface area contributed by atoms with E-state index in [0.717, 1.165) is 10.6 Å². The first-order chi connectivity index (χ1) is 13.3. The van der Waals surface area contributed by atoms with E-state index in [-0.39, 0.29) is 11.2 Å². The molecule has 0 aliphatic heterocycles. The van der Waals surface area contributed by atoms with E-state index in [4.69, 9.17) is 23.8 Å². The van der Waals surface area contributed by atoms with Gasteiger partial charge in [-0.05, 0) is 46.7 Å². The van der Waals surface area contributed by atoms with Crippen molar-refractivity contribution >= 4 is 57.3 Å². The van der Waals surface area contributed by atoms with Crippen LogP contribution < -0.4 is 9.88 Å². The molecule has 0 bridgehead atoms. The van der Waals surface area contributed by atoms with Gasteiger partial charge < -0.3 is 10.4 Å². The zero-order valence-electron chi connectivity index (χ0n) is 15.9. The minimum Gasteiger partial charge on any atom is -0.501 e. The Morgan fingerprint density at radius 1 is 1.07 bits per heavy atom. The predicted molar refractivity (Wildman–Crippen MR) is 123 cm³/mol. The van der Waals surface area contributed by atoms with Crippen LogP contribution in [0.5, 0.6) is 0 Å². The Kier molecular flexibility index (Phi) is 6.18. The van der Waals surface area contributed by atoms with Crippen LogP contribution in [0.4, 0.5) is 5.69 Å². The van der Waals surface area contributed by atoms with Gasteiger partial charge in [0.2, 0.25) is 5.76 Å². The quantitative estimate of drug-likeness (QED) is 0.221. The third-order valence-corrected chi connectivity index (χ3v) is 5.67. The average molecular weight is 430 g/mol. The normalized spacial score (nSPS) is 12.4. The summed E-state index contributed by atoms with van der Waals surface area (Å²) >= 11 is 13.1. The van der Waals surface area contributed by atoms with Crippen molar-refractivity contribution < 1.29 is 9.67 Å². The average Bonchev–Trinajstić information content (AvgIpc) is 3.18. The summed E-state index contributed by atoms with van der Waals surface area (Å²) in [6.45, 7) is 6.50. The molecule has 2 N–H and O–H groups in total. The van der Waals surface area contributed by atoms with E-state index in [1.807, 2.05) is 58.7 Å². The van der Waals surface area contributed by atoms with Crippen molar-refractivity contribution in [2.75, 3.05) is 5.32 Å². The molecular weight excluding hydrogens is 408 g/mol. The highest BCUT2D eigenvalue weighted by atomic mass is 35.5. The van der Waals surface area contributed by atoms with Crippen molar-refractivity contribution in [3.05, 3.63) is 81.8 Å². The van der Waals surface area contributed by atoms with Crippen molar-refractivity contribution in [1.29, 1.82) is 0 Å². The van der Waals surface area contributed by atoms with Crippen LogP contribution >= 0.6 is 35.2 Å². The number of hydrogen-bond acceptors (Lipinski definition) is 3. The first-order valence-electron chi connectivity index (χ1n) is 8.82. The number of rotatable bonds is 4. The maximum absolute atomic E-state index is 11.0. The molecule has 3 rings (SSSR count). The number of benzene rings is 1. The molecule has 0 aliphatic carbocycles. The van der Waals surface area contributed by atoms with E-state index in [1.165, 1.54) is 16.9 Å². The monoisotopic (exact) mass is 429 g/mol. The van der Waals surface area contributed by atoms with Crippen LogP contribution in [-0.4, -0.2) is 10.1 Å². The second-order valence-electron chi connectivity index (χ2n) is 7.38. The SMILES string of the molecule is CC(C)(C)c1cc[n+](C(C(=S)Nc2ccc(Cl)cc2)=C(O)c2cccs2)cc1. The van der Waals surface area contributed by atoms with Gasteiger partial charge >= 0.3 is 0 Å². The van der Waals surface area contributed by atoms with Gasteiger partial charge in [0, 0.05) is 22.8 Å². The molecule has 0 atom stereocenters. The molecule has 28 heavy (non-hydrogen) atoms. The number of halogens is 1. The summed E-state index contributed by atoms with van der Waals surface area (Å²) in [6.07, 6.45) is 3.85. The Morgan fingerprint density at radius 2 is 1.71 bits per heavy atom. The van der Waals surface area contributed by atoms with Crippen LogP contribution in [0.2, 0.25) is 5.02 Å². The molecule has 2 aromatic heterocycles. The summed E-state index contributed by atoms with van der Waals surface area (Å²) < 4.78 is 1.84. The van der Waals surface area contributed by atoms with E-state index in [0.29, 0.717) is 15.7 Å². The summed E-state index contributed by atoms with van der Waals surface area (Å²) in [5.41, 5.74) is 2.57. The molecule has 0 radical (unpaired) electrons. The third-order valence-electron chi connectivity index (χ3n) is 4.25. The lowest BCUT2D eigenvalue weighted by Crippen LogP contribution is -2.38. The predicted octanol–water partition coefficient (Wildman–Crippen LogP) is 6.31. The number of anilines is 1. The number of aromatic nitrogens is 1. The number of thiocarbonyl (C=S) groups is 1. The molecule has 0 amide bonds. The number of nitrogens with zero attached hydrogens (tertiary/aromatic N) is 1. The Bertz CT molecular complexity index is 987. The van der Waals surface area contributed by atoms with Crippen LogP contribution in [0.1, 0.15) is 31.2 Å². The number of nitrogens with one attached hydrogen (secondary N) is 1. The topological polar surface area (TPSA) is 36.1 Å². The number of thiophene rings is 1. The minimum absolute atomic E-state index is 0.0425. The molecule has 1 aromatic carbocycles. The van der Waals surface area contributed by atoms with Gasteiger partial charge in [-0.25, -0.2) is 0 Å². The molecule has 0 unspecified atom stereocenters. The van der Waals surface area contributed by atoms with Crippen molar-refractivity contribution in [2.45, 2.75) is 26.2 Å². The van der Waals surface area contributed by atoms with Crippen LogP contribution in [0.25, 0.3) is 11.5 Å². The Balaban J connectivity index is 2.02. The Morgan fingerprint density at radius 3 is 2.25 bits per heavy atom. The van der Waals surface area contributed by atoms with Gasteiger partial charge in [-0.1, -0.05) is 50.7 Å². The highest BCUT2D eigenvalue weighted by molar-refractivity contribution is 7.81. The highest BCUT2D eigenvalue weighted by Crippen LogP contribution is 2.24. The molecule has 6 heteroatoms. The molecule has 3 nitrogen and oxygen atoms in total. The van der Waals surface area contributed by atoms with Gasteiger partial charge in [-0.2, -0.15) is 4.57 Å². The fraction of sp³-hybridized carbons (Fsp3) is 0.182. The molecule has 2 heterocycles. The van der Waals surface area contributed by atoms with Crippen LogP contribution in [0.3, 0.4) is 0 Å². The highest BCUT2D eigenvalue weighted by Gasteiger charge is 2.25. The van der Waals surface area contributed by atoms with Gasteiger partial charge in [0.15, 0.2) is 17.4 Å². The third kappa shape index (κ3) is 4.79. The molecule has 0 saturated heterocycles. The molecular formula is C22H22ClN2OS2+. The van der Waals surface area contributed by atoms with E-state index in [2.05, 4.69) is 26.1 Å². The minimum atomic E-state index is 0.0425. The van der Waals surface area contributed by atoms with Crippen LogP contribution in [-0.2, 0) is 5.41 Å². The lowest BCUT2D eigenvalue weighted by atomic mass is 9.88. The van der Waals surface area contributed by atoms with E-state index >= 15 is 0 Å². The Labute approximate surface area is 179 Å². The van der Waals surface area contributed by atoms with Gasteiger partial charge in [-0.3, -0.25) is 0 Å². The first-order valence-corrected chi connectivity index (χ1v) is 10.5. The Hall–Kier alpha value is -2.21. The summed E-state index contributed by atoms with van der Waals surface area (Å²) in [5, 5.41) is 16.7. The van der Waals surface area contributed by atoms with Crippen molar-refractivity contribution in [1.82, 2.24) is 0 Å². The first kappa shape index (κ1) is 20.5. The van der Waals surface area contributed by atoms with E-state index < -0.39 is 0 Å². The second-order valence-corrected chi connectivity index (χ2v) is 9.17. The standard InChI is InChI=1S/C22H21ClN2OS2/c1-22(2,3)15-10-12-25(13-11-15)19(20(26)18-5-4-14-28-18)21(27)24-17-8-6-16(23)7-9-17/h4-14H,1-3H3,(H-,24,26,27)/p+1. The zero-order valence-corrected chi connectivity index (χ0v) is 18.3. The number of pyridine rings is 1. The summed E-state index contributed by atoms with van der Waals surface area (Å²) in [5.74, 6) is 0.134.